The Bertz CT molecular complexity index is 492. The van der Waals surface area contributed by atoms with Gasteiger partial charge in [-0.15, -0.1) is 0 Å². The SMILES string of the molecule is CN[C@H]1CN(C(C)C(=O)OCc2ccccc2)C[C@@H]1NC(C)C. The molecule has 128 valence electrons. The number of likely N-dealkylation sites (N-methyl/N-ethyl adjacent to an activating group) is 1. The fraction of sp³-hybridized carbons (Fsp3) is 0.611. The molecular weight excluding hydrogens is 290 g/mol. The van der Waals surface area contributed by atoms with E-state index >= 15 is 0 Å². The van der Waals surface area contributed by atoms with Gasteiger partial charge in [0, 0.05) is 31.2 Å². The van der Waals surface area contributed by atoms with Crippen molar-refractivity contribution in [2.45, 2.75) is 51.5 Å². The fourth-order valence-electron chi connectivity index (χ4n) is 3.04. The highest BCUT2D eigenvalue weighted by Crippen LogP contribution is 2.15. The van der Waals surface area contributed by atoms with Gasteiger partial charge in [-0.2, -0.15) is 0 Å². The van der Waals surface area contributed by atoms with E-state index in [0.29, 0.717) is 24.7 Å². The van der Waals surface area contributed by atoms with Gasteiger partial charge in [0.25, 0.3) is 0 Å². The third-order valence-electron chi connectivity index (χ3n) is 4.38. The van der Waals surface area contributed by atoms with Gasteiger partial charge >= 0.3 is 5.97 Å². The van der Waals surface area contributed by atoms with Crippen LogP contribution in [0.3, 0.4) is 0 Å². The first-order valence-electron chi connectivity index (χ1n) is 8.39. The van der Waals surface area contributed by atoms with Crippen LogP contribution in [0, 0.1) is 0 Å². The van der Waals surface area contributed by atoms with E-state index in [1.54, 1.807) is 0 Å². The average Bonchev–Trinajstić information content (AvgIpc) is 2.95. The Morgan fingerprint density at radius 3 is 2.48 bits per heavy atom. The smallest absolute Gasteiger partial charge is 0.323 e. The summed E-state index contributed by atoms with van der Waals surface area (Å²) in [5.74, 6) is -0.158. The van der Waals surface area contributed by atoms with Crippen molar-refractivity contribution in [3.63, 3.8) is 0 Å². The van der Waals surface area contributed by atoms with Crippen molar-refractivity contribution in [1.82, 2.24) is 15.5 Å². The molecule has 1 heterocycles. The molecule has 1 unspecified atom stereocenters. The van der Waals surface area contributed by atoms with E-state index in [1.807, 2.05) is 44.3 Å². The third kappa shape index (κ3) is 5.03. The lowest BCUT2D eigenvalue weighted by Crippen LogP contribution is -2.48. The molecule has 23 heavy (non-hydrogen) atoms. The number of rotatable bonds is 7. The summed E-state index contributed by atoms with van der Waals surface area (Å²) >= 11 is 0. The third-order valence-corrected chi connectivity index (χ3v) is 4.38. The zero-order valence-corrected chi connectivity index (χ0v) is 14.6. The lowest BCUT2D eigenvalue weighted by Gasteiger charge is -2.23. The minimum Gasteiger partial charge on any atom is -0.460 e. The van der Waals surface area contributed by atoms with Crippen molar-refractivity contribution in [2.24, 2.45) is 0 Å². The monoisotopic (exact) mass is 319 g/mol. The van der Waals surface area contributed by atoms with Crippen LogP contribution in [0.1, 0.15) is 26.3 Å². The molecule has 3 atom stereocenters. The normalized spacial score (nSPS) is 23.2. The standard InChI is InChI=1S/C18H29N3O2/c1-13(2)20-17-11-21(10-16(17)19-4)14(3)18(22)23-12-15-8-6-5-7-9-15/h5-9,13-14,16-17,19-20H,10-12H2,1-4H3/t14?,16-,17-/m0/s1. The van der Waals surface area contributed by atoms with Gasteiger partial charge < -0.3 is 15.4 Å². The molecule has 1 aromatic rings. The van der Waals surface area contributed by atoms with Gasteiger partial charge in [0.1, 0.15) is 12.6 Å². The molecule has 0 bridgehead atoms. The van der Waals surface area contributed by atoms with Crippen LogP contribution >= 0.6 is 0 Å². The predicted octanol–water partition coefficient (Wildman–Crippen LogP) is 1.39. The Kier molecular flexibility index (Phi) is 6.57. The topological polar surface area (TPSA) is 53.6 Å². The predicted molar refractivity (Wildman–Crippen MR) is 92.2 cm³/mol. The molecule has 1 aliphatic rings. The minimum atomic E-state index is -0.228. The first-order chi connectivity index (χ1) is 11.0. The number of nitrogens with one attached hydrogen (secondary N) is 2. The maximum absolute atomic E-state index is 12.3. The van der Waals surface area contributed by atoms with Gasteiger partial charge in [-0.3, -0.25) is 9.69 Å². The van der Waals surface area contributed by atoms with E-state index in [1.165, 1.54) is 0 Å². The molecule has 1 saturated heterocycles. The maximum atomic E-state index is 12.3. The number of carbonyl (C=O) groups excluding carboxylic acids is 1. The Labute approximate surface area is 139 Å². The molecule has 1 aromatic carbocycles. The summed E-state index contributed by atoms with van der Waals surface area (Å²) in [6.45, 7) is 8.26. The van der Waals surface area contributed by atoms with E-state index < -0.39 is 0 Å². The van der Waals surface area contributed by atoms with Gasteiger partial charge in [0.05, 0.1) is 0 Å². The second kappa shape index (κ2) is 8.43. The Morgan fingerprint density at radius 1 is 1.22 bits per heavy atom. The number of likely N-dealkylation sites (tertiary alicyclic amines) is 1. The number of benzene rings is 1. The number of nitrogens with zero attached hydrogens (tertiary/aromatic N) is 1. The highest BCUT2D eigenvalue weighted by Gasteiger charge is 2.36. The zero-order valence-electron chi connectivity index (χ0n) is 14.6. The van der Waals surface area contributed by atoms with E-state index in [4.69, 9.17) is 4.74 Å². The van der Waals surface area contributed by atoms with Gasteiger partial charge in [-0.25, -0.2) is 0 Å². The highest BCUT2D eigenvalue weighted by atomic mass is 16.5. The van der Waals surface area contributed by atoms with E-state index in [0.717, 1.165) is 18.7 Å². The zero-order chi connectivity index (χ0) is 16.8. The van der Waals surface area contributed by atoms with Crippen molar-refractivity contribution < 1.29 is 9.53 Å². The molecule has 5 heteroatoms. The second-order valence-corrected chi connectivity index (χ2v) is 6.55. The minimum absolute atomic E-state index is 0.158. The number of carbonyl (C=O) groups is 1. The molecule has 0 spiro atoms. The first-order valence-corrected chi connectivity index (χ1v) is 8.39. The van der Waals surface area contributed by atoms with E-state index in [9.17, 15) is 4.79 Å². The molecule has 0 aromatic heterocycles. The summed E-state index contributed by atoms with van der Waals surface area (Å²) in [6, 6.07) is 10.7. The number of ether oxygens (including phenoxy) is 1. The molecule has 0 aliphatic carbocycles. The van der Waals surface area contributed by atoms with E-state index in [-0.39, 0.29) is 12.0 Å². The molecule has 0 saturated carbocycles. The molecule has 2 N–H and O–H groups in total. The fourth-order valence-corrected chi connectivity index (χ4v) is 3.04. The van der Waals surface area contributed by atoms with Crippen molar-refractivity contribution in [2.75, 3.05) is 20.1 Å². The Morgan fingerprint density at radius 2 is 1.87 bits per heavy atom. The summed E-state index contributed by atoms with van der Waals surface area (Å²) in [5.41, 5.74) is 1.02. The van der Waals surface area contributed by atoms with Crippen molar-refractivity contribution >= 4 is 5.97 Å². The Hall–Kier alpha value is -1.43. The molecule has 1 aliphatic heterocycles. The van der Waals surface area contributed by atoms with Crippen molar-refractivity contribution in [3.8, 4) is 0 Å². The number of hydrogen-bond acceptors (Lipinski definition) is 5. The van der Waals surface area contributed by atoms with Gasteiger partial charge in [-0.1, -0.05) is 44.2 Å². The molecular formula is C18H29N3O2. The summed E-state index contributed by atoms with van der Waals surface area (Å²) in [4.78, 5) is 14.5. The van der Waals surface area contributed by atoms with Crippen molar-refractivity contribution in [3.05, 3.63) is 35.9 Å². The summed E-state index contributed by atoms with van der Waals surface area (Å²) < 4.78 is 5.47. The quantitative estimate of drug-likeness (QED) is 0.744. The van der Waals surface area contributed by atoms with Crippen molar-refractivity contribution in [1.29, 1.82) is 0 Å². The van der Waals surface area contributed by atoms with Crippen LogP contribution in [-0.4, -0.2) is 55.2 Å². The molecule has 0 radical (unpaired) electrons. The van der Waals surface area contributed by atoms with Crippen LogP contribution in [0.2, 0.25) is 0 Å². The maximum Gasteiger partial charge on any atom is 0.323 e. The van der Waals surface area contributed by atoms with Crippen LogP contribution in [0.15, 0.2) is 30.3 Å². The average molecular weight is 319 g/mol. The summed E-state index contributed by atoms with van der Waals surface area (Å²) in [7, 11) is 1.97. The van der Waals surface area contributed by atoms with Gasteiger partial charge in [0.2, 0.25) is 0 Å². The number of esters is 1. The van der Waals surface area contributed by atoms with Gasteiger partial charge in [-0.05, 0) is 19.5 Å². The largest absolute Gasteiger partial charge is 0.460 e. The summed E-state index contributed by atoms with van der Waals surface area (Å²) in [5, 5.41) is 6.91. The number of hydrogen-bond donors (Lipinski definition) is 2. The lowest BCUT2D eigenvalue weighted by atomic mass is 10.1. The highest BCUT2D eigenvalue weighted by molar-refractivity contribution is 5.75. The van der Waals surface area contributed by atoms with E-state index in [2.05, 4.69) is 29.4 Å². The lowest BCUT2D eigenvalue weighted by molar-refractivity contribution is -0.150. The second-order valence-electron chi connectivity index (χ2n) is 6.55. The van der Waals surface area contributed by atoms with Gasteiger partial charge in [0.15, 0.2) is 0 Å². The molecule has 1 fully saturated rings. The van der Waals surface area contributed by atoms with Crippen LogP contribution in [0.25, 0.3) is 0 Å². The molecule has 0 amide bonds. The Balaban J connectivity index is 1.87. The molecule has 2 rings (SSSR count). The first kappa shape index (κ1) is 17.9. The van der Waals surface area contributed by atoms with Crippen LogP contribution in [-0.2, 0) is 16.1 Å². The van der Waals surface area contributed by atoms with Crippen LogP contribution in [0.4, 0.5) is 0 Å². The molecule has 5 nitrogen and oxygen atoms in total. The van der Waals surface area contributed by atoms with Crippen LogP contribution in [0.5, 0.6) is 0 Å². The van der Waals surface area contributed by atoms with Crippen LogP contribution < -0.4 is 10.6 Å². The summed E-state index contributed by atoms with van der Waals surface area (Å²) in [6.07, 6.45) is 0.